The van der Waals surface area contributed by atoms with Crippen LogP contribution >= 0.6 is 0 Å². The van der Waals surface area contributed by atoms with E-state index in [1.807, 2.05) is 0 Å². The summed E-state index contributed by atoms with van der Waals surface area (Å²) in [6, 6.07) is 0. The third-order valence-corrected chi connectivity index (χ3v) is 15.2. The summed E-state index contributed by atoms with van der Waals surface area (Å²) in [6.45, 7) is 6.49. The summed E-state index contributed by atoms with van der Waals surface area (Å²) < 4.78 is 16.9. The molecule has 0 amide bonds. The van der Waals surface area contributed by atoms with Crippen LogP contribution in [0.25, 0.3) is 0 Å². The molecule has 0 aliphatic carbocycles. The number of esters is 3. The van der Waals surface area contributed by atoms with E-state index in [4.69, 9.17) is 14.2 Å². The molecule has 6 nitrogen and oxygen atoms in total. The van der Waals surface area contributed by atoms with Crippen LogP contribution in [0, 0.1) is 0 Å². The van der Waals surface area contributed by atoms with Crippen LogP contribution < -0.4 is 0 Å². The van der Waals surface area contributed by atoms with Crippen molar-refractivity contribution in [3.05, 3.63) is 72.9 Å². The zero-order chi connectivity index (χ0) is 57.1. The van der Waals surface area contributed by atoms with Gasteiger partial charge in [-0.25, -0.2) is 0 Å². The summed E-state index contributed by atoms with van der Waals surface area (Å²) in [4.78, 5) is 38.2. The molecule has 0 aromatic rings. The van der Waals surface area contributed by atoms with Gasteiger partial charge in [-0.05, 0) is 103 Å². The Morgan fingerprint density at radius 2 is 0.506 bits per heavy atom. The number of rotatable bonds is 63. The maximum absolute atomic E-state index is 12.9. The Morgan fingerprint density at radius 1 is 0.266 bits per heavy atom. The highest BCUT2D eigenvalue weighted by molar-refractivity contribution is 5.71. The van der Waals surface area contributed by atoms with Crippen LogP contribution in [-0.4, -0.2) is 37.2 Å². The molecule has 0 bridgehead atoms. The lowest BCUT2D eigenvalue weighted by atomic mass is 10.0. The molecule has 6 heteroatoms. The van der Waals surface area contributed by atoms with E-state index >= 15 is 0 Å². The Kier molecular flexibility index (Phi) is 64.7. The van der Waals surface area contributed by atoms with Crippen molar-refractivity contribution >= 4 is 17.9 Å². The highest BCUT2D eigenvalue weighted by Gasteiger charge is 2.19. The van der Waals surface area contributed by atoms with Crippen molar-refractivity contribution in [3.63, 3.8) is 0 Å². The molecule has 458 valence electrons. The van der Waals surface area contributed by atoms with E-state index in [9.17, 15) is 14.4 Å². The summed E-state index contributed by atoms with van der Waals surface area (Å²) in [5.74, 6) is -0.894. The molecule has 0 fully saturated rings. The van der Waals surface area contributed by atoms with Crippen LogP contribution in [0.5, 0.6) is 0 Å². The SMILES string of the molecule is CC/C=C\C/C=C\C/C=C\CCCCCCCC(=O)OC(COC(=O)CCCCCCC/C=C\CCCC)COC(=O)CCCCCCCCCCCCCCCCCCCCCCCCC/C=C\C/C=C\CCCCCCC. The van der Waals surface area contributed by atoms with Crippen LogP contribution in [0.2, 0.25) is 0 Å². The number of unbranched alkanes of at least 4 members (excludes halogenated alkanes) is 40. The molecule has 0 aliphatic rings. The minimum atomic E-state index is -0.786. The zero-order valence-electron chi connectivity index (χ0n) is 52.6. The number of ether oxygens (including phenoxy) is 3. The number of allylic oxidation sites excluding steroid dienone is 12. The Bertz CT molecular complexity index is 1450. The van der Waals surface area contributed by atoms with Crippen LogP contribution in [0.4, 0.5) is 0 Å². The minimum Gasteiger partial charge on any atom is -0.462 e. The van der Waals surface area contributed by atoms with E-state index in [1.165, 1.54) is 205 Å². The van der Waals surface area contributed by atoms with Gasteiger partial charge in [-0.2, -0.15) is 0 Å². The van der Waals surface area contributed by atoms with Gasteiger partial charge in [0.2, 0.25) is 0 Å². The molecule has 1 unspecified atom stereocenters. The fraction of sp³-hybridized carbons (Fsp3) is 0.795. The molecule has 0 aromatic carbocycles. The first-order valence-corrected chi connectivity index (χ1v) is 34.4. The maximum atomic E-state index is 12.9. The number of hydrogen-bond donors (Lipinski definition) is 0. The lowest BCUT2D eigenvalue weighted by Crippen LogP contribution is -2.30. The Hall–Kier alpha value is -3.15. The van der Waals surface area contributed by atoms with Gasteiger partial charge < -0.3 is 14.2 Å². The van der Waals surface area contributed by atoms with Gasteiger partial charge >= 0.3 is 17.9 Å². The minimum absolute atomic E-state index is 0.0818. The topological polar surface area (TPSA) is 78.9 Å². The molecule has 79 heavy (non-hydrogen) atoms. The fourth-order valence-electron chi connectivity index (χ4n) is 10.0. The summed E-state index contributed by atoms with van der Waals surface area (Å²) in [6.07, 6.45) is 88.1. The van der Waals surface area contributed by atoms with Crippen LogP contribution in [0.3, 0.4) is 0 Å². The molecule has 1 atom stereocenters. The first kappa shape index (κ1) is 75.8. The molecule has 0 rings (SSSR count). The maximum Gasteiger partial charge on any atom is 0.306 e. The molecule has 0 radical (unpaired) electrons. The van der Waals surface area contributed by atoms with Gasteiger partial charge in [0, 0.05) is 19.3 Å². The second-order valence-corrected chi connectivity index (χ2v) is 23.1. The fourth-order valence-corrected chi connectivity index (χ4v) is 10.0. The first-order valence-electron chi connectivity index (χ1n) is 34.4. The predicted molar refractivity (Wildman–Crippen MR) is 344 cm³/mol. The molecule has 0 saturated heterocycles. The monoisotopic (exact) mass is 1100 g/mol. The van der Waals surface area contributed by atoms with Crippen LogP contribution in [-0.2, 0) is 28.6 Å². The number of hydrogen-bond acceptors (Lipinski definition) is 6. The van der Waals surface area contributed by atoms with E-state index in [0.29, 0.717) is 19.3 Å². The third-order valence-electron chi connectivity index (χ3n) is 15.2. The van der Waals surface area contributed by atoms with E-state index in [-0.39, 0.29) is 31.1 Å². The van der Waals surface area contributed by atoms with Gasteiger partial charge in [-0.15, -0.1) is 0 Å². The normalized spacial score (nSPS) is 12.5. The third kappa shape index (κ3) is 65.5. The van der Waals surface area contributed by atoms with E-state index < -0.39 is 6.10 Å². The average Bonchev–Trinajstić information content (AvgIpc) is 3.45. The standard InChI is InChI=1S/C73H130O6/c1-4-7-10-13-16-19-22-24-26-27-28-29-30-31-32-33-34-35-36-37-38-39-40-41-42-43-44-45-47-48-51-54-57-60-63-66-72(75)78-69-70(68-77-71(74)65-62-59-56-53-50-21-18-15-12-9-6-3)79-73(76)67-64-61-58-55-52-49-46-25-23-20-17-14-11-8-5-2/h8,11,15,17-18,20,22,24-25,27-28,46,70H,4-7,9-10,12-14,16,19,21,23,26,29-45,47-69H2,1-3H3/b11-8-,18-15-,20-17-,24-22-,28-27-,46-25-. The zero-order valence-corrected chi connectivity index (χ0v) is 52.6. The predicted octanol–water partition coefficient (Wildman–Crippen LogP) is 23.7. The van der Waals surface area contributed by atoms with Gasteiger partial charge in [0.05, 0.1) is 0 Å². The lowest BCUT2D eigenvalue weighted by Gasteiger charge is -2.18. The van der Waals surface area contributed by atoms with Crippen molar-refractivity contribution in [2.24, 2.45) is 0 Å². The summed E-state index contributed by atoms with van der Waals surface area (Å²) >= 11 is 0. The van der Waals surface area contributed by atoms with Crippen LogP contribution in [0.1, 0.15) is 355 Å². The Balaban J connectivity index is 4.04. The van der Waals surface area contributed by atoms with Crippen molar-refractivity contribution < 1.29 is 28.6 Å². The van der Waals surface area contributed by atoms with Crippen molar-refractivity contribution in [1.29, 1.82) is 0 Å². The van der Waals surface area contributed by atoms with Gasteiger partial charge in [-0.1, -0.05) is 306 Å². The quantitative estimate of drug-likeness (QED) is 0.0261. The average molecular weight is 1100 g/mol. The number of carbonyl (C=O) groups excluding carboxylic acids is 3. The molecule has 0 aliphatic heterocycles. The van der Waals surface area contributed by atoms with E-state index in [0.717, 1.165) is 109 Å². The molecule has 0 spiro atoms. The largest absolute Gasteiger partial charge is 0.462 e. The Labute approximate surface area is 491 Å². The summed E-state index contributed by atoms with van der Waals surface area (Å²) in [7, 11) is 0. The molecular formula is C73H130O6. The van der Waals surface area contributed by atoms with Gasteiger partial charge in [-0.3, -0.25) is 14.4 Å². The second kappa shape index (κ2) is 67.4. The van der Waals surface area contributed by atoms with Gasteiger partial charge in [0.1, 0.15) is 13.2 Å². The van der Waals surface area contributed by atoms with Gasteiger partial charge in [0.15, 0.2) is 6.10 Å². The molecule has 0 saturated carbocycles. The van der Waals surface area contributed by atoms with Crippen molar-refractivity contribution in [2.45, 2.75) is 361 Å². The van der Waals surface area contributed by atoms with Crippen molar-refractivity contribution in [3.8, 4) is 0 Å². The second-order valence-electron chi connectivity index (χ2n) is 23.1. The Morgan fingerprint density at radius 3 is 0.823 bits per heavy atom. The number of carbonyl (C=O) groups is 3. The highest BCUT2D eigenvalue weighted by Crippen LogP contribution is 2.18. The van der Waals surface area contributed by atoms with Crippen LogP contribution in [0.15, 0.2) is 72.9 Å². The smallest absolute Gasteiger partial charge is 0.306 e. The van der Waals surface area contributed by atoms with E-state index in [2.05, 4.69) is 93.7 Å². The lowest BCUT2D eigenvalue weighted by molar-refractivity contribution is -0.167. The highest BCUT2D eigenvalue weighted by atomic mass is 16.6. The van der Waals surface area contributed by atoms with Gasteiger partial charge in [0.25, 0.3) is 0 Å². The first-order chi connectivity index (χ1) is 39.0. The molecule has 0 N–H and O–H groups in total. The molecule has 0 aromatic heterocycles. The summed E-state index contributed by atoms with van der Waals surface area (Å²) in [5, 5.41) is 0. The van der Waals surface area contributed by atoms with Crippen molar-refractivity contribution in [1.82, 2.24) is 0 Å². The summed E-state index contributed by atoms with van der Waals surface area (Å²) in [5.41, 5.74) is 0. The molecular weight excluding hydrogens is 973 g/mol. The van der Waals surface area contributed by atoms with Crippen molar-refractivity contribution in [2.75, 3.05) is 13.2 Å². The molecule has 0 heterocycles. The van der Waals surface area contributed by atoms with E-state index in [1.54, 1.807) is 0 Å².